The Kier molecular flexibility index (Phi) is 4.15. The highest BCUT2D eigenvalue weighted by molar-refractivity contribution is 7.89. The summed E-state index contributed by atoms with van der Waals surface area (Å²) >= 11 is 0. The Labute approximate surface area is 104 Å². The van der Waals surface area contributed by atoms with Crippen LogP contribution < -0.4 is 14.6 Å². The fourth-order valence-corrected chi connectivity index (χ4v) is 2.19. The molecule has 7 nitrogen and oxygen atoms in total. The highest BCUT2D eigenvalue weighted by Gasteiger charge is 2.20. The summed E-state index contributed by atoms with van der Waals surface area (Å²) in [6, 6.07) is 2.43. The van der Waals surface area contributed by atoms with Crippen LogP contribution in [0.2, 0.25) is 0 Å². The molecule has 1 rings (SSSR count). The number of rotatable bonds is 5. The van der Waals surface area contributed by atoms with Gasteiger partial charge in [0.2, 0.25) is 10.0 Å². The molecule has 0 heterocycles. The summed E-state index contributed by atoms with van der Waals surface area (Å²) in [5.41, 5.74) is 0.204. The highest BCUT2D eigenvalue weighted by Crippen LogP contribution is 2.31. The Hall–Kier alpha value is -1.80. The van der Waals surface area contributed by atoms with Gasteiger partial charge in [0.1, 0.15) is 16.4 Å². The molecule has 100 valence electrons. The maximum atomic E-state index is 11.4. The van der Waals surface area contributed by atoms with Crippen molar-refractivity contribution >= 4 is 16.0 Å². The topological polar surface area (TPSA) is 116 Å². The van der Waals surface area contributed by atoms with Gasteiger partial charge in [-0.25, -0.2) is 13.6 Å². The van der Waals surface area contributed by atoms with Crippen LogP contribution in [0.25, 0.3) is 0 Å². The van der Waals surface area contributed by atoms with E-state index in [0.29, 0.717) is 0 Å². The first kappa shape index (κ1) is 14.3. The van der Waals surface area contributed by atoms with Crippen molar-refractivity contribution in [3.8, 4) is 11.5 Å². The zero-order valence-electron chi connectivity index (χ0n) is 9.84. The summed E-state index contributed by atoms with van der Waals surface area (Å²) in [4.78, 5) is 10.4. The van der Waals surface area contributed by atoms with Gasteiger partial charge in [0.15, 0.2) is 0 Å². The molecule has 0 bridgehead atoms. The quantitative estimate of drug-likeness (QED) is 0.780. The minimum atomic E-state index is -4.00. The maximum Gasteiger partial charge on any atom is 0.307 e. The van der Waals surface area contributed by atoms with Crippen LogP contribution in [0.15, 0.2) is 17.0 Å². The van der Waals surface area contributed by atoms with Gasteiger partial charge in [0, 0.05) is 11.6 Å². The van der Waals surface area contributed by atoms with E-state index in [1.54, 1.807) is 0 Å². The van der Waals surface area contributed by atoms with Crippen LogP contribution in [0.1, 0.15) is 5.56 Å². The number of carboxylic acids is 1. The van der Waals surface area contributed by atoms with Gasteiger partial charge < -0.3 is 14.6 Å². The Morgan fingerprint density at radius 2 is 1.83 bits per heavy atom. The molecule has 0 atom stereocenters. The average Bonchev–Trinajstić information content (AvgIpc) is 2.26. The number of ether oxygens (including phenoxy) is 2. The molecule has 0 fully saturated rings. The van der Waals surface area contributed by atoms with Crippen LogP contribution in [0.4, 0.5) is 0 Å². The van der Waals surface area contributed by atoms with Crippen LogP contribution in [0.5, 0.6) is 11.5 Å². The lowest BCUT2D eigenvalue weighted by atomic mass is 10.1. The van der Waals surface area contributed by atoms with E-state index in [2.05, 4.69) is 0 Å². The molecule has 0 unspecified atom stereocenters. The van der Waals surface area contributed by atoms with Gasteiger partial charge in [0.05, 0.1) is 20.6 Å². The molecule has 0 aliphatic rings. The van der Waals surface area contributed by atoms with Crippen LogP contribution >= 0.6 is 0 Å². The van der Waals surface area contributed by atoms with E-state index in [4.69, 9.17) is 19.7 Å². The lowest BCUT2D eigenvalue weighted by molar-refractivity contribution is -0.136. The van der Waals surface area contributed by atoms with Crippen molar-refractivity contribution in [2.75, 3.05) is 14.2 Å². The second-order valence-electron chi connectivity index (χ2n) is 3.43. The Bertz CT molecular complexity index is 566. The Morgan fingerprint density at radius 3 is 2.22 bits per heavy atom. The summed E-state index contributed by atoms with van der Waals surface area (Å²) in [7, 11) is -1.38. The molecular weight excluding hydrogens is 262 g/mol. The monoisotopic (exact) mass is 275 g/mol. The van der Waals surface area contributed by atoms with E-state index in [9.17, 15) is 13.2 Å². The highest BCUT2D eigenvalue weighted by atomic mass is 32.2. The number of primary sulfonamides is 1. The molecule has 0 aromatic heterocycles. The lowest BCUT2D eigenvalue weighted by Gasteiger charge is -2.12. The molecule has 1 aromatic carbocycles. The third-order valence-corrected chi connectivity index (χ3v) is 3.15. The molecule has 0 saturated carbocycles. The molecule has 18 heavy (non-hydrogen) atoms. The number of carbonyl (C=O) groups is 1. The maximum absolute atomic E-state index is 11.4. The zero-order valence-corrected chi connectivity index (χ0v) is 10.7. The first-order valence-electron chi connectivity index (χ1n) is 4.79. The van der Waals surface area contributed by atoms with Crippen molar-refractivity contribution in [2.24, 2.45) is 5.14 Å². The summed E-state index contributed by atoms with van der Waals surface area (Å²) < 4.78 is 32.6. The van der Waals surface area contributed by atoms with Gasteiger partial charge >= 0.3 is 5.97 Å². The summed E-state index contributed by atoms with van der Waals surface area (Å²) in [5, 5.41) is 13.8. The van der Waals surface area contributed by atoms with E-state index in [-0.39, 0.29) is 28.4 Å². The molecule has 1 aromatic rings. The van der Waals surface area contributed by atoms with E-state index in [1.165, 1.54) is 20.3 Å². The molecule has 0 amide bonds. The van der Waals surface area contributed by atoms with Gasteiger partial charge in [-0.2, -0.15) is 0 Å². The van der Waals surface area contributed by atoms with Crippen molar-refractivity contribution in [1.29, 1.82) is 0 Å². The predicted molar refractivity (Wildman–Crippen MR) is 62.3 cm³/mol. The smallest absolute Gasteiger partial charge is 0.307 e. The third-order valence-electron chi connectivity index (χ3n) is 2.21. The molecule has 3 N–H and O–H groups in total. The molecule has 8 heteroatoms. The van der Waals surface area contributed by atoms with Crippen LogP contribution in [-0.4, -0.2) is 33.7 Å². The lowest BCUT2D eigenvalue weighted by Crippen LogP contribution is -2.15. The zero-order chi connectivity index (χ0) is 13.9. The first-order chi connectivity index (χ1) is 8.29. The number of hydrogen-bond acceptors (Lipinski definition) is 5. The number of hydrogen-bond donors (Lipinski definition) is 2. The summed E-state index contributed by atoms with van der Waals surface area (Å²) in [6.07, 6.45) is -0.379. The van der Waals surface area contributed by atoms with Crippen molar-refractivity contribution in [3.63, 3.8) is 0 Å². The fraction of sp³-hybridized carbons (Fsp3) is 0.300. The molecule has 0 spiro atoms. The van der Waals surface area contributed by atoms with Crippen LogP contribution in [0, 0.1) is 0 Å². The second-order valence-corrected chi connectivity index (χ2v) is 4.96. The molecular formula is C10H13NO6S. The second kappa shape index (κ2) is 5.23. The van der Waals surface area contributed by atoms with Crippen molar-refractivity contribution in [3.05, 3.63) is 17.7 Å². The average molecular weight is 275 g/mol. The Balaban J connectivity index is 3.48. The SMILES string of the molecule is COc1cc(OC)c(S(N)(=O)=O)cc1CC(=O)O. The van der Waals surface area contributed by atoms with E-state index in [0.717, 1.165) is 6.07 Å². The number of methoxy groups -OCH3 is 2. The minimum absolute atomic E-state index is 0.00323. The van der Waals surface area contributed by atoms with E-state index in [1.807, 2.05) is 0 Å². The first-order valence-corrected chi connectivity index (χ1v) is 6.33. The Morgan fingerprint density at radius 1 is 1.28 bits per heavy atom. The summed E-state index contributed by atoms with van der Waals surface area (Å²) in [6.45, 7) is 0. The van der Waals surface area contributed by atoms with Gasteiger partial charge in [-0.3, -0.25) is 4.79 Å². The van der Waals surface area contributed by atoms with Gasteiger partial charge in [-0.15, -0.1) is 0 Å². The van der Waals surface area contributed by atoms with Gasteiger partial charge in [-0.05, 0) is 6.07 Å². The van der Waals surface area contributed by atoms with Gasteiger partial charge in [0.25, 0.3) is 0 Å². The van der Waals surface area contributed by atoms with Crippen molar-refractivity contribution < 1.29 is 27.8 Å². The predicted octanol–water partition coefficient (Wildman–Crippen LogP) is -0.0217. The third kappa shape index (κ3) is 3.11. The molecule has 0 saturated heterocycles. The molecule has 0 radical (unpaired) electrons. The van der Waals surface area contributed by atoms with Crippen LogP contribution in [-0.2, 0) is 21.2 Å². The van der Waals surface area contributed by atoms with Gasteiger partial charge in [-0.1, -0.05) is 0 Å². The van der Waals surface area contributed by atoms with Crippen LogP contribution in [0.3, 0.4) is 0 Å². The van der Waals surface area contributed by atoms with E-state index >= 15 is 0 Å². The largest absolute Gasteiger partial charge is 0.496 e. The molecule has 0 aliphatic carbocycles. The fourth-order valence-electron chi connectivity index (χ4n) is 1.46. The normalized spacial score (nSPS) is 11.1. The number of sulfonamides is 1. The van der Waals surface area contributed by atoms with E-state index < -0.39 is 16.0 Å². The van der Waals surface area contributed by atoms with Crippen molar-refractivity contribution in [1.82, 2.24) is 0 Å². The number of aliphatic carboxylic acids is 1. The summed E-state index contributed by atoms with van der Waals surface area (Å²) in [5.74, 6) is -0.885. The van der Waals surface area contributed by atoms with Crippen molar-refractivity contribution in [2.45, 2.75) is 11.3 Å². The number of nitrogens with two attached hydrogens (primary N) is 1. The number of carboxylic acid groups (broad SMARTS) is 1. The minimum Gasteiger partial charge on any atom is -0.496 e. The standard InChI is InChI=1S/C10H13NO6S/c1-16-7-5-8(17-2)9(18(11,14)15)3-6(7)4-10(12)13/h3,5H,4H2,1-2H3,(H,12,13)(H2,11,14,15). The number of benzene rings is 1. The molecule has 0 aliphatic heterocycles.